The molecule has 3 aromatic rings. The standard InChI is InChI=1S/C22H25FN2O5S/c1-14-17(24-20(30-14)15-5-7-16(23)8-6-15)13-29-22(10-3-2-4-11-22)28-12-9-18-19(26)25-21(27)31-18/h5-8,26H,2-4,9-13H2,1H3,(H,25,27). The van der Waals surface area contributed by atoms with Crippen LogP contribution in [0.25, 0.3) is 11.5 Å². The van der Waals surface area contributed by atoms with Crippen LogP contribution >= 0.6 is 11.3 Å². The summed E-state index contributed by atoms with van der Waals surface area (Å²) in [5.41, 5.74) is 1.37. The Balaban J connectivity index is 1.41. The Hall–Kier alpha value is -2.49. The van der Waals surface area contributed by atoms with Crippen LogP contribution in [0.3, 0.4) is 0 Å². The molecule has 4 rings (SSSR count). The highest BCUT2D eigenvalue weighted by Gasteiger charge is 2.34. The molecule has 31 heavy (non-hydrogen) atoms. The van der Waals surface area contributed by atoms with Crippen LogP contribution in [0.4, 0.5) is 4.39 Å². The van der Waals surface area contributed by atoms with E-state index in [1.54, 1.807) is 12.1 Å². The molecule has 1 aliphatic rings. The van der Waals surface area contributed by atoms with Crippen LogP contribution in [0.1, 0.15) is 48.4 Å². The zero-order chi connectivity index (χ0) is 21.8. The number of aromatic nitrogens is 2. The van der Waals surface area contributed by atoms with E-state index in [0.717, 1.165) is 43.4 Å². The summed E-state index contributed by atoms with van der Waals surface area (Å²) < 4.78 is 31.3. The van der Waals surface area contributed by atoms with Crippen LogP contribution in [0.5, 0.6) is 5.88 Å². The number of hydrogen-bond donors (Lipinski definition) is 2. The van der Waals surface area contributed by atoms with Crippen molar-refractivity contribution in [3.8, 4) is 17.3 Å². The highest BCUT2D eigenvalue weighted by atomic mass is 32.1. The van der Waals surface area contributed by atoms with E-state index in [1.165, 1.54) is 12.1 Å². The Morgan fingerprint density at radius 3 is 2.65 bits per heavy atom. The van der Waals surface area contributed by atoms with Crippen LogP contribution in [0.15, 0.2) is 33.5 Å². The minimum absolute atomic E-state index is 0.0937. The van der Waals surface area contributed by atoms with E-state index in [2.05, 4.69) is 9.97 Å². The van der Waals surface area contributed by atoms with Crippen molar-refractivity contribution >= 4 is 11.3 Å². The monoisotopic (exact) mass is 448 g/mol. The first-order chi connectivity index (χ1) is 14.9. The third kappa shape index (κ3) is 5.23. The van der Waals surface area contributed by atoms with E-state index in [-0.39, 0.29) is 23.2 Å². The van der Waals surface area contributed by atoms with Crippen molar-refractivity contribution in [2.75, 3.05) is 6.61 Å². The molecule has 2 heterocycles. The highest BCUT2D eigenvalue weighted by molar-refractivity contribution is 7.09. The Morgan fingerprint density at radius 2 is 1.97 bits per heavy atom. The lowest BCUT2D eigenvalue weighted by atomic mass is 9.94. The molecule has 0 saturated heterocycles. The highest BCUT2D eigenvalue weighted by Crippen LogP contribution is 2.34. The maximum atomic E-state index is 13.2. The van der Waals surface area contributed by atoms with Gasteiger partial charge in [0.05, 0.1) is 18.1 Å². The number of aromatic hydroxyl groups is 1. The smallest absolute Gasteiger partial charge is 0.307 e. The summed E-state index contributed by atoms with van der Waals surface area (Å²) >= 11 is 0.986. The van der Waals surface area contributed by atoms with E-state index in [4.69, 9.17) is 13.9 Å². The van der Waals surface area contributed by atoms with Gasteiger partial charge in [-0.15, -0.1) is 0 Å². The summed E-state index contributed by atoms with van der Waals surface area (Å²) in [6.07, 6.45) is 5.10. The zero-order valence-corrected chi connectivity index (χ0v) is 18.1. The zero-order valence-electron chi connectivity index (χ0n) is 17.3. The number of nitrogens with one attached hydrogen (secondary N) is 1. The third-order valence-corrected chi connectivity index (χ3v) is 6.40. The van der Waals surface area contributed by atoms with Crippen molar-refractivity contribution in [1.82, 2.24) is 9.97 Å². The molecule has 1 fully saturated rings. The Morgan fingerprint density at radius 1 is 1.23 bits per heavy atom. The molecule has 1 saturated carbocycles. The number of H-pyrrole nitrogens is 1. The first-order valence-electron chi connectivity index (χ1n) is 10.4. The van der Waals surface area contributed by atoms with Crippen molar-refractivity contribution in [1.29, 1.82) is 0 Å². The molecule has 0 radical (unpaired) electrons. The second-order valence-electron chi connectivity index (χ2n) is 7.67. The topological polar surface area (TPSA) is 97.6 Å². The summed E-state index contributed by atoms with van der Waals surface area (Å²) in [5, 5.41) is 9.76. The molecule has 1 aliphatic carbocycles. The number of benzene rings is 1. The number of aromatic amines is 1. The molecular formula is C22H25FN2O5S. The van der Waals surface area contributed by atoms with E-state index < -0.39 is 5.79 Å². The molecule has 0 bridgehead atoms. The predicted octanol–water partition coefficient (Wildman–Crippen LogP) is 4.68. The van der Waals surface area contributed by atoms with Gasteiger partial charge >= 0.3 is 4.87 Å². The lowest BCUT2D eigenvalue weighted by molar-refractivity contribution is -0.258. The Bertz CT molecular complexity index is 1070. The quantitative estimate of drug-likeness (QED) is 0.486. The van der Waals surface area contributed by atoms with Gasteiger partial charge in [-0.2, -0.15) is 0 Å². The number of thiazole rings is 1. The minimum Gasteiger partial charge on any atom is -0.494 e. The number of rotatable bonds is 8. The number of halogens is 1. The van der Waals surface area contributed by atoms with E-state index >= 15 is 0 Å². The number of hydrogen-bond acceptors (Lipinski definition) is 7. The molecule has 0 unspecified atom stereocenters. The second kappa shape index (κ2) is 9.33. The predicted molar refractivity (Wildman–Crippen MR) is 113 cm³/mol. The fourth-order valence-electron chi connectivity index (χ4n) is 3.75. The van der Waals surface area contributed by atoms with Crippen molar-refractivity contribution < 1.29 is 23.4 Å². The van der Waals surface area contributed by atoms with Gasteiger partial charge in [0.15, 0.2) is 5.79 Å². The molecular weight excluding hydrogens is 423 g/mol. The van der Waals surface area contributed by atoms with E-state index in [9.17, 15) is 14.3 Å². The van der Waals surface area contributed by atoms with Gasteiger partial charge in [-0.05, 0) is 44.0 Å². The average molecular weight is 449 g/mol. The largest absolute Gasteiger partial charge is 0.494 e. The maximum absolute atomic E-state index is 13.2. The molecule has 0 spiro atoms. The average Bonchev–Trinajstić information content (AvgIpc) is 3.28. The Kier molecular flexibility index (Phi) is 6.54. The molecule has 2 aromatic heterocycles. The van der Waals surface area contributed by atoms with Crippen LogP contribution in [0, 0.1) is 12.7 Å². The van der Waals surface area contributed by atoms with Crippen LogP contribution in [0.2, 0.25) is 0 Å². The van der Waals surface area contributed by atoms with Crippen LogP contribution < -0.4 is 4.87 Å². The molecule has 7 nitrogen and oxygen atoms in total. The number of ether oxygens (including phenoxy) is 2. The molecule has 0 amide bonds. The lowest BCUT2D eigenvalue weighted by Crippen LogP contribution is -2.38. The third-order valence-electron chi connectivity index (χ3n) is 5.47. The number of nitrogens with zero attached hydrogens (tertiary/aromatic N) is 1. The van der Waals surface area contributed by atoms with E-state index in [1.807, 2.05) is 6.92 Å². The summed E-state index contributed by atoms with van der Waals surface area (Å²) in [5.74, 6) is -0.0628. The van der Waals surface area contributed by atoms with Gasteiger partial charge in [-0.3, -0.25) is 9.78 Å². The van der Waals surface area contributed by atoms with Gasteiger partial charge in [0.25, 0.3) is 0 Å². The van der Waals surface area contributed by atoms with Crippen molar-refractivity contribution in [3.63, 3.8) is 0 Å². The molecule has 2 N–H and O–H groups in total. The maximum Gasteiger partial charge on any atom is 0.307 e. The Labute approximate surface area is 182 Å². The molecule has 1 aromatic carbocycles. The van der Waals surface area contributed by atoms with Gasteiger partial charge in [0, 0.05) is 24.8 Å². The van der Waals surface area contributed by atoms with Gasteiger partial charge in [0.1, 0.15) is 17.3 Å². The van der Waals surface area contributed by atoms with Crippen LogP contribution in [-0.2, 0) is 22.5 Å². The number of oxazole rings is 1. The van der Waals surface area contributed by atoms with Crippen LogP contribution in [-0.4, -0.2) is 27.5 Å². The van der Waals surface area contributed by atoms with Gasteiger partial charge < -0.3 is 19.0 Å². The van der Waals surface area contributed by atoms with Crippen molar-refractivity contribution in [3.05, 3.63) is 56.1 Å². The fourth-order valence-corrected chi connectivity index (χ4v) is 4.45. The second-order valence-corrected chi connectivity index (χ2v) is 8.74. The van der Waals surface area contributed by atoms with Gasteiger partial charge in [-0.1, -0.05) is 17.8 Å². The van der Waals surface area contributed by atoms with Gasteiger partial charge in [-0.25, -0.2) is 9.37 Å². The van der Waals surface area contributed by atoms with Crippen molar-refractivity contribution in [2.24, 2.45) is 0 Å². The minimum atomic E-state index is -0.726. The summed E-state index contributed by atoms with van der Waals surface area (Å²) in [6.45, 7) is 2.39. The van der Waals surface area contributed by atoms with Gasteiger partial charge in [0.2, 0.25) is 11.8 Å². The fraction of sp³-hybridized carbons (Fsp3) is 0.455. The molecule has 9 heteroatoms. The first kappa shape index (κ1) is 21.7. The first-order valence-corrected chi connectivity index (χ1v) is 11.2. The summed E-state index contributed by atoms with van der Waals surface area (Å²) in [7, 11) is 0. The van der Waals surface area contributed by atoms with Crippen molar-refractivity contribution in [2.45, 2.75) is 57.8 Å². The summed E-state index contributed by atoms with van der Waals surface area (Å²) in [4.78, 5) is 18.5. The lowest BCUT2D eigenvalue weighted by Gasteiger charge is -2.36. The normalized spacial score (nSPS) is 15.9. The summed E-state index contributed by atoms with van der Waals surface area (Å²) in [6, 6.07) is 5.99. The molecule has 0 atom stereocenters. The van der Waals surface area contributed by atoms with E-state index in [0.29, 0.717) is 40.8 Å². The molecule has 0 aliphatic heterocycles. The molecule has 166 valence electrons. The number of aryl methyl sites for hydroxylation is 1. The SMILES string of the molecule is Cc1oc(-c2ccc(F)cc2)nc1COC1(OCCc2sc(=O)[nH]c2O)CCCCC1.